The van der Waals surface area contributed by atoms with Crippen LogP contribution in [0.4, 0.5) is 0 Å². The highest BCUT2D eigenvalue weighted by Gasteiger charge is 2.15. The molecule has 0 bridgehead atoms. The van der Waals surface area contributed by atoms with E-state index in [1.54, 1.807) is 12.1 Å². The van der Waals surface area contributed by atoms with Crippen molar-refractivity contribution < 1.29 is 14.6 Å². The van der Waals surface area contributed by atoms with Crippen molar-refractivity contribution in [1.82, 2.24) is 0 Å². The first kappa shape index (κ1) is 13.1. The first-order valence-electron chi connectivity index (χ1n) is 6.19. The first-order chi connectivity index (χ1) is 9.13. The van der Waals surface area contributed by atoms with Crippen LogP contribution in [0.25, 0.3) is 11.1 Å². The SMILES string of the molecule is CCOc1cc(C)c(-c2ccccc2)cc1C(=O)O. The van der Waals surface area contributed by atoms with Crippen LogP contribution >= 0.6 is 0 Å². The topological polar surface area (TPSA) is 46.5 Å². The zero-order valence-electron chi connectivity index (χ0n) is 11.0. The molecule has 3 heteroatoms. The van der Waals surface area contributed by atoms with E-state index in [9.17, 15) is 9.90 Å². The Labute approximate surface area is 112 Å². The van der Waals surface area contributed by atoms with Gasteiger partial charge in [-0.05, 0) is 42.7 Å². The summed E-state index contributed by atoms with van der Waals surface area (Å²) in [5.41, 5.74) is 3.12. The molecule has 2 aromatic rings. The molecule has 0 spiro atoms. The number of hydrogen-bond acceptors (Lipinski definition) is 2. The monoisotopic (exact) mass is 256 g/mol. The van der Waals surface area contributed by atoms with Crippen molar-refractivity contribution in [2.24, 2.45) is 0 Å². The number of carboxylic acids is 1. The lowest BCUT2D eigenvalue weighted by molar-refractivity contribution is 0.0692. The molecule has 0 unspecified atom stereocenters. The maximum Gasteiger partial charge on any atom is 0.339 e. The zero-order chi connectivity index (χ0) is 13.8. The minimum Gasteiger partial charge on any atom is -0.493 e. The smallest absolute Gasteiger partial charge is 0.339 e. The zero-order valence-corrected chi connectivity index (χ0v) is 11.0. The van der Waals surface area contributed by atoms with Crippen LogP contribution in [0.15, 0.2) is 42.5 Å². The summed E-state index contributed by atoms with van der Waals surface area (Å²) in [6.45, 7) is 4.24. The van der Waals surface area contributed by atoms with E-state index >= 15 is 0 Å². The van der Waals surface area contributed by atoms with Gasteiger partial charge in [0.1, 0.15) is 11.3 Å². The number of aryl methyl sites for hydroxylation is 1. The van der Waals surface area contributed by atoms with E-state index in [1.165, 1.54) is 0 Å². The van der Waals surface area contributed by atoms with Gasteiger partial charge in [-0.2, -0.15) is 0 Å². The van der Waals surface area contributed by atoms with E-state index in [2.05, 4.69) is 0 Å². The summed E-state index contributed by atoms with van der Waals surface area (Å²) >= 11 is 0. The summed E-state index contributed by atoms with van der Waals surface area (Å²) in [4.78, 5) is 11.3. The Morgan fingerprint density at radius 1 is 1.21 bits per heavy atom. The summed E-state index contributed by atoms with van der Waals surface area (Å²) in [5.74, 6) is -0.548. The third-order valence-electron chi connectivity index (χ3n) is 2.94. The Balaban J connectivity index is 2.58. The minimum atomic E-state index is -0.972. The molecule has 3 nitrogen and oxygen atoms in total. The summed E-state index contributed by atoms with van der Waals surface area (Å²) in [7, 11) is 0. The summed E-state index contributed by atoms with van der Waals surface area (Å²) in [5, 5.41) is 9.27. The number of carboxylic acid groups (broad SMARTS) is 1. The lowest BCUT2D eigenvalue weighted by atomic mass is 9.97. The molecule has 0 aliphatic heterocycles. The minimum absolute atomic E-state index is 0.200. The van der Waals surface area contributed by atoms with Crippen molar-refractivity contribution in [2.45, 2.75) is 13.8 Å². The van der Waals surface area contributed by atoms with Gasteiger partial charge in [0.25, 0.3) is 0 Å². The van der Waals surface area contributed by atoms with Gasteiger partial charge in [0.05, 0.1) is 6.61 Å². The van der Waals surface area contributed by atoms with Crippen LogP contribution in [-0.4, -0.2) is 17.7 Å². The molecule has 2 aromatic carbocycles. The normalized spacial score (nSPS) is 10.2. The summed E-state index contributed by atoms with van der Waals surface area (Å²) in [6, 6.07) is 13.2. The first-order valence-corrected chi connectivity index (χ1v) is 6.19. The van der Waals surface area contributed by atoms with Crippen molar-refractivity contribution in [3.05, 3.63) is 53.6 Å². The molecular formula is C16H16O3. The Morgan fingerprint density at radius 2 is 1.89 bits per heavy atom. The highest BCUT2D eigenvalue weighted by molar-refractivity contribution is 5.93. The second-order valence-corrected chi connectivity index (χ2v) is 4.27. The number of ether oxygens (including phenoxy) is 1. The number of aromatic carboxylic acids is 1. The highest BCUT2D eigenvalue weighted by atomic mass is 16.5. The molecule has 0 aliphatic rings. The van der Waals surface area contributed by atoms with Gasteiger partial charge >= 0.3 is 5.97 Å². The number of benzene rings is 2. The predicted octanol–water partition coefficient (Wildman–Crippen LogP) is 3.76. The van der Waals surface area contributed by atoms with Gasteiger partial charge in [-0.25, -0.2) is 4.79 Å². The molecule has 2 rings (SSSR count). The second-order valence-electron chi connectivity index (χ2n) is 4.27. The predicted molar refractivity (Wildman–Crippen MR) is 74.7 cm³/mol. The molecule has 0 fully saturated rings. The molecule has 0 saturated heterocycles. The van der Waals surface area contributed by atoms with Gasteiger partial charge < -0.3 is 9.84 Å². The van der Waals surface area contributed by atoms with Gasteiger partial charge in [0.2, 0.25) is 0 Å². The van der Waals surface area contributed by atoms with Crippen LogP contribution in [0.5, 0.6) is 5.75 Å². The van der Waals surface area contributed by atoms with Crippen molar-refractivity contribution >= 4 is 5.97 Å². The molecule has 0 aliphatic carbocycles. The van der Waals surface area contributed by atoms with Gasteiger partial charge in [0.15, 0.2) is 0 Å². The van der Waals surface area contributed by atoms with Crippen LogP contribution in [0, 0.1) is 6.92 Å². The van der Waals surface area contributed by atoms with Crippen molar-refractivity contribution in [3.8, 4) is 16.9 Å². The van der Waals surface area contributed by atoms with E-state index < -0.39 is 5.97 Å². The average molecular weight is 256 g/mol. The van der Waals surface area contributed by atoms with Gasteiger partial charge in [-0.15, -0.1) is 0 Å². The Kier molecular flexibility index (Phi) is 3.85. The van der Waals surface area contributed by atoms with Gasteiger partial charge in [-0.3, -0.25) is 0 Å². The van der Waals surface area contributed by atoms with E-state index in [0.717, 1.165) is 16.7 Å². The lowest BCUT2D eigenvalue weighted by Gasteiger charge is -2.12. The van der Waals surface area contributed by atoms with E-state index in [0.29, 0.717) is 12.4 Å². The maximum atomic E-state index is 11.3. The molecular weight excluding hydrogens is 240 g/mol. The van der Waals surface area contributed by atoms with Crippen LogP contribution in [0.1, 0.15) is 22.8 Å². The van der Waals surface area contributed by atoms with E-state index in [1.807, 2.05) is 44.2 Å². The molecule has 0 atom stereocenters. The van der Waals surface area contributed by atoms with Crippen molar-refractivity contribution in [3.63, 3.8) is 0 Å². The molecule has 0 saturated carbocycles. The molecule has 98 valence electrons. The number of carbonyl (C=O) groups is 1. The summed E-state index contributed by atoms with van der Waals surface area (Å²) < 4.78 is 5.39. The van der Waals surface area contributed by atoms with Crippen molar-refractivity contribution in [1.29, 1.82) is 0 Å². The average Bonchev–Trinajstić information content (AvgIpc) is 2.40. The summed E-state index contributed by atoms with van der Waals surface area (Å²) in [6.07, 6.45) is 0. The third kappa shape index (κ3) is 2.76. The van der Waals surface area contributed by atoms with Crippen LogP contribution < -0.4 is 4.74 Å². The fourth-order valence-electron chi connectivity index (χ4n) is 2.05. The van der Waals surface area contributed by atoms with E-state index in [-0.39, 0.29) is 5.56 Å². The Morgan fingerprint density at radius 3 is 2.47 bits per heavy atom. The van der Waals surface area contributed by atoms with Gasteiger partial charge in [0, 0.05) is 0 Å². The van der Waals surface area contributed by atoms with Crippen molar-refractivity contribution in [2.75, 3.05) is 6.61 Å². The molecule has 0 amide bonds. The molecule has 19 heavy (non-hydrogen) atoms. The van der Waals surface area contributed by atoms with Crippen LogP contribution in [0.3, 0.4) is 0 Å². The number of hydrogen-bond donors (Lipinski definition) is 1. The Bertz CT molecular complexity index is 588. The largest absolute Gasteiger partial charge is 0.493 e. The number of rotatable bonds is 4. The fourth-order valence-corrected chi connectivity index (χ4v) is 2.05. The van der Waals surface area contributed by atoms with E-state index in [4.69, 9.17) is 4.74 Å². The lowest BCUT2D eigenvalue weighted by Crippen LogP contribution is -2.04. The Hall–Kier alpha value is -2.29. The quantitative estimate of drug-likeness (QED) is 0.906. The fraction of sp³-hybridized carbons (Fsp3) is 0.188. The standard InChI is InChI=1S/C16H16O3/c1-3-19-15-9-11(2)13(10-14(15)16(17)18)12-7-5-4-6-8-12/h4-10H,3H2,1-2H3,(H,17,18). The maximum absolute atomic E-state index is 11.3. The molecule has 0 radical (unpaired) electrons. The molecule has 1 N–H and O–H groups in total. The third-order valence-corrected chi connectivity index (χ3v) is 2.94. The van der Waals surface area contributed by atoms with Crippen LogP contribution in [0.2, 0.25) is 0 Å². The van der Waals surface area contributed by atoms with Gasteiger partial charge in [-0.1, -0.05) is 30.3 Å². The molecule has 0 aromatic heterocycles. The molecule has 0 heterocycles. The second kappa shape index (κ2) is 5.57. The highest BCUT2D eigenvalue weighted by Crippen LogP contribution is 2.30. The van der Waals surface area contributed by atoms with Crippen LogP contribution in [-0.2, 0) is 0 Å².